The van der Waals surface area contributed by atoms with Crippen LogP contribution in [-0.2, 0) is 27.9 Å². The molecule has 250 valence electrons. The number of carbonyl (C=O) groups is 1. The molecule has 0 radical (unpaired) electrons. The quantitative estimate of drug-likeness (QED) is 0.0274. The molecular formula is C34H62NO7P. The van der Waals surface area contributed by atoms with Gasteiger partial charge in [-0.2, -0.15) is 0 Å². The zero-order valence-corrected chi connectivity index (χ0v) is 28.8. The van der Waals surface area contributed by atoms with Crippen molar-refractivity contribution in [3.8, 4) is 0 Å². The molecule has 0 saturated heterocycles. The van der Waals surface area contributed by atoms with E-state index in [1.165, 1.54) is 25.7 Å². The van der Waals surface area contributed by atoms with Crippen molar-refractivity contribution in [1.82, 2.24) is 0 Å². The molecule has 0 aromatic carbocycles. The third-order valence-corrected chi connectivity index (χ3v) is 7.36. The predicted octanol–water partition coefficient (Wildman–Crippen LogP) is 7.85. The number of phosphoric acid groups is 1. The Balaban J connectivity index is 4.44. The summed E-state index contributed by atoms with van der Waals surface area (Å²) >= 11 is 0. The number of unbranched alkanes of at least 4 members (excludes halogenated alkanes) is 7. The van der Waals surface area contributed by atoms with E-state index in [9.17, 15) is 14.3 Å². The Hall–Kier alpha value is -1.54. The van der Waals surface area contributed by atoms with Crippen molar-refractivity contribution >= 4 is 13.8 Å². The lowest BCUT2D eigenvalue weighted by atomic mass is 10.1. The highest BCUT2D eigenvalue weighted by Crippen LogP contribution is 2.38. The molecule has 0 aliphatic heterocycles. The number of ether oxygens (including phenoxy) is 2. The minimum atomic E-state index is -4.52. The van der Waals surface area contributed by atoms with Gasteiger partial charge in [0, 0.05) is 13.0 Å². The van der Waals surface area contributed by atoms with Crippen LogP contribution in [0.4, 0.5) is 0 Å². The number of carbonyl (C=O) groups excluding carboxylic acids is 1. The van der Waals surface area contributed by atoms with Gasteiger partial charge in [0.05, 0.1) is 34.4 Å². The highest BCUT2D eigenvalue weighted by atomic mass is 31.2. The SMILES string of the molecule is CC/C=C\C/C=C\C/C=C\C/C=C\CCCOCC(COP(=O)([O-])OCC[N+](C)(C)C)OC(=O)CCCCCCCCC. The van der Waals surface area contributed by atoms with Gasteiger partial charge in [-0.15, -0.1) is 0 Å². The molecule has 0 amide bonds. The maximum absolute atomic E-state index is 12.4. The second-order valence-electron chi connectivity index (χ2n) is 11.8. The summed E-state index contributed by atoms with van der Waals surface area (Å²) in [6.45, 7) is 5.06. The van der Waals surface area contributed by atoms with E-state index >= 15 is 0 Å². The molecule has 8 nitrogen and oxygen atoms in total. The summed E-state index contributed by atoms with van der Waals surface area (Å²) in [7, 11) is 1.31. The molecule has 0 aliphatic rings. The Morgan fingerprint density at radius 2 is 1.33 bits per heavy atom. The number of esters is 1. The Morgan fingerprint density at radius 1 is 0.744 bits per heavy atom. The molecule has 0 bridgehead atoms. The minimum Gasteiger partial charge on any atom is -0.756 e. The van der Waals surface area contributed by atoms with Crippen LogP contribution in [0.15, 0.2) is 48.6 Å². The van der Waals surface area contributed by atoms with E-state index in [0.717, 1.165) is 57.8 Å². The zero-order valence-electron chi connectivity index (χ0n) is 27.9. The largest absolute Gasteiger partial charge is 0.756 e. The average molecular weight is 628 g/mol. The van der Waals surface area contributed by atoms with Crippen molar-refractivity contribution in [1.29, 1.82) is 0 Å². The van der Waals surface area contributed by atoms with Gasteiger partial charge in [-0.25, -0.2) is 0 Å². The number of rotatable bonds is 29. The van der Waals surface area contributed by atoms with Crippen molar-refractivity contribution in [2.24, 2.45) is 0 Å². The van der Waals surface area contributed by atoms with E-state index in [-0.39, 0.29) is 25.8 Å². The molecular weight excluding hydrogens is 565 g/mol. The Labute approximate surface area is 263 Å². The fourth-order valence-electron chi connectivity index (χ4n) is 3.84. The summed E-state index contributed by atoms with van der Waals surface area (Å²) in [5.41, 5.74) is 0. The number of hydrogen-bond donors (Lipinski definition) is 0. The second kappa shape index (κ2) is 28.0. The predicted molar refractivity (Wildman–Crippen MR) is 176 cm³/mol. The van der Waals surface area contributed by atoms with Gasteiger partial charge in [-0.3, -0.25) is 9.36 Å². The summed E-state index contributed by atoms with van der Waals surface area (Å²) < 4.78 is 34.1. The number of allylic oxidation sites excluding steroid dienone is 8. The summed E-state index contributed by atoms with van der Waals surface area (Å²) in [6, 6.07) is 0. The van der Waals surface area contributed by atoms with Gasteiger partial charge in [0.15, 0.2) is 0 Å². The van der Waals surface area contributed by atoms with Gasteiger partial charge < -0.3 is 27.9 Å². The molecule has 0 aromatic heterocycles. The molecule has 0 N–H and O–H groups in total. The Kier molecular flexibility index (Phi) is 27.0. The number of phosphoric ester groups is 1. The van der Waals surface area contributed by atoms with Crippen LogP contribution in [0.3, 0.4) is 0 Å². The Bertz CT molecular complexity index is 833. The first-order valence-electron chi connectivity index (χ1n) is 16.4. The third kappa shape index (κ3) is 31.7. The van der Waals surface area contributed by atoms with Gasteiger partial charge in [-0.05, 0) is 44.9 Å². The van der Waals surface area contributed by atoms with Gasteiger partial charge in [0.25, 0.3) is 7.82 Å². The molecule has 0 aliphatic carbocycles. The van der Waals surface area contributed by atoms with E-state index in [0.29, 0.717) is 24.1 Å². The lowest BCUT2D eigenvalue weighted by molar-refractivity contribution is -0.870. The molecule has 2 atom stereocenters. The number of likely N-dealkylation sites (N-methyl/N-ethyl adjacent to an activating group) is 1. The first-order chi connectivity index (χ1) is 20.6. The van der Waals surface area contributed by atoms with Crippen LogP contribution in [0.5, 0.6) is 0 Å². The van der Waals surface area contributed by atoms with Crippen LogP contribution in [-0.4, -0.2) is 70.7 Å². The Morgan fingerprint density at radius 3 is 1.93 bits per heavy atom. The van der Waals surface area contributed by atoms with Crippen LogP contribution < -0.4 is 4.89 Å². The molecule has 0 spiro atoms. The van der Waals surface area contributed by atoms with E-state index in [2.05, 4.69) is 62.5 Å². The number of hydrogen-bond acceptors (Lipinski definition) is 7. The fraction of sp³-hybridized carbons (Fsp3) is 0.735. The normalized spacial score (nSPS) is 14.8. The first kappa shape index (κ1) is 41.5. The maximum Gasteiger partial charge on any atom is 0.306 e. The van der Waals surface area contributed by atoms with E-state index in [1.807, 2.05) is 21.1 Å². The molecule has 43 heavy (non-hydrogen) atoms. The highest BCUT2D eigenvalue weighted by molar-refractivity contribution is 7.45. The van der Waals surface area contributed by atoms with Gasteiger partial charge >= 0.3 is 5.97 Å². The second-order valence-corrected chi connectivity index (χ2v) is 13.2. The summed E-state index contributed by atoms with van der Waals surface area (Å²) in [4.78, 5) is 24.7. The first-order valence-corrected chi connectivity index (χ1v) is 17.8. The molecule has 0 fully saturated rings. The van der Waals surface area contributed by atoms with Gasteiger partial charge in [-0.1, -0.05) is 101 Å². The van der Waals surface area contributed by atoms with Crippen LogP contribution in [0.2, 0.25) is 0 Å². The van der Waals surface area contributed by atoms with E-state index in [4.69, 9.17) is 18.5 Å². The summed E-state index contributed by atoms with van der Waals surface area (Å²) in [5, 5.41) is 0. The summed E-state index contributed by atoms with van der Waals surface area (Å²) in [6.07, 6.45) is 30.1. The van der Waals surface area contributed by atoms with Crippen LogP contribution in [0, 0.1) is 0 Å². The molecule has 0 aromatic rings. The topological polar surface area (TPSA) is 94.1 Å². The molecule has 0 rings (SSSR count). The highest BCUT2D eigenvalue weighted by Gasteiger charge is 2.20. The van der Waals surface area contributed by atoms with E-state index in [1.54, 1.807) is 0 Å². The smallest absolute Gasteiger partial charge is 0.306 e. The maximum atomic E-state index is 12.4. The number of nitrogens with zero attached hydrogens (tertiary/aromatic N) is 1. The van der Waals surface area contributed by atoms with Crippen molar-refractivity contribution in [3.05, 3.63) is 48.6 Å². The molecule has 0 saturated carbocycles. The van der Waals surface area contributed by atoms with Crippen molar-refractivity contribution in [2.45, 2.75) is 110 Å². The molecule has 2 unspecified atom stereocenters. The molecule has 9 heteroatoms. The van der Waals surface area contributed by atoms with Crippen LogP contribution in [0.25, 0.3) is 0 Å². The minimum absolute atomic E-state index is 0.0147. The van der Waals surface area contributed by atoms with Crippen molar-refractivity contribution in [3.63, 3.8) is 0 Å². The lowest BCUT2D eigenvalue weighted by Crippen LogP contribution is -2.37. The number of quaternary nitrogens is 1. The van der Waals surface area contributed by atoms with E-state index < -0.39 is 13.9 Å². The monoisotopic (exact) mass is 627 g/mol. The standard InChI is InChI=1S/C34H62NO7P/c1-6-8-10-12-14-15-16-17-18-19-20-22-24-26-29-39-31-33(32-41-43(37,38)40-30-28-35(3,4)5)42-34(36)27-25-23-21-13-11-9-7-2/h8,10,14-15,17-18,20,22,33H,6-7,9,11-13,16,19,21,23-32H2,1-5H3/b10-8-,15-14-,18-17-,22-20-. The fourth-order valence-corrected chi connectivity index (χ4v) is 4.57. The van der Waals surface area contributed by atoms with Crippen LogP contribution >= 0.6 is 7.82 Å². The lowest BCUT2D eigenvalue weighted by Gasteiger charge is -2.28. The van der Waals surface area contributed by atoms with Gasteiger partial charge in [0.2, 0.25) is 0 Å². The third-order valence-electron chi connectivity index (χ3n) is 6.39. The van der Waals surface area contributed by atoms with Crippen LogP contribution in [0.1, 0.15) is 104 Å². The average Bonchev–Trinajstić information content (AvgIpc) is 2.94. The van der Waals surface area contributed by atoms with Crippen molar-refractivity contribution < 1.29 is 37.3 Å². The molecule has 0 heterocycles. The zero-order chi connectivity index (χ0) is 32.1. The van der Waals surface area contributed by atoms with Crippen molar-refractivity contribution in [2.75, 3.05) is 54.1 Å². The summed E-state index contributed by atoms with van der Waals surface area (Å²) in [5.74, 6) is -0.364. The van der Waals surface area contributed by atoms with Gasteiger partial charge in [0.1, 0.15) is 19.3 Å².